The van der Waals surface area contributed by atoms with Crippen LogP contribution in [0.25, 0.3) is 10.9 Å². The van der Waals surface area contributed by atoms with Crippen molar-refractivity contribution in [3.8, 4) is 5.75 Å². The molecule has 1 aromatic heterocycles. The largest absolute Gasteiger partial charge is 0.868 e. The van der Waals surface area contributed by atoms with Gasteiger partial charge in [-0.1, -0.05) is 47.1 Å². The van der Waals surface area contributed by atoms with E-state index in [4.69, 9.17) is 0 Å². The standard InChI is InChI=1S/C25H33NO2/c1-18(2)10-8-11-19(3)12-9-13-20(4)16-17-23-22-14-6-7-15-24(22)26(28)21(5)25(23)27/h6-7,10,12,14-16,27H,8-9,11,13,17H2,1-5H3/p-1/b19-12+,20-16+. The molecule has 0 spiro atoms. The quantitative estimate of drug-likeness (QED) is 0.330. The topological polar surface area (TPSA) is 50.0 Å². The molecule has 1 heterocycles. The van der Waals surface area contributed by atoms with Gasteiger partial charge in [-0.15, -0.1) is 0 Å². The van der Waals surface area contributed by atoms with Gasteiger partial charge in [-0.05, 0) is 77.2 Å². The number of hydrogen-bond donors (Lipinski definition) is 0. The summed E-state index contributed by atoms with van der Waals surface area (Å²) in [5.74, 6) is -0.146. The molecule has 0 amide bonds. The summed E-state index contributed by atoms with van der Waals surface area (Å²) < 4.78 is 0.751. The van der Waals surface area contributed by atoms with Crippen LogP contribution in [0, 0.1) is 12.1 Å². The zero-order valence-corrected chi connectivity index (χ0v) is 17.8. The molecule has 150 valence electrons. The second-order valence-corrected chi connectivity index (χ2v) is 7.87. The Hall–Kier alpha value is -2.55. The van der Waals surface area contributed by atoms with Crippen LogP contribution in [-0.4, -0.2) is 0 Å². The van der Waals surface area contributed by atoms with E-state index in [1.54, 1.807) is 13.0 Å². The van der Waals surface area contributed by atoms with E-state index < -0.39 is 0 Å². The van der Waals surface area contributed by atoms with Crippen molar-refractivity contribution < 1.29 is 9.84 Å². The van der Waals surface area contributed by atoms with Crippen molar-refractivity contribution in [3.05, 3.63) is 75.7 Å². The molecule has 0 aliphatic carbocycles. The molecule has 3 nitrogen and oxygen atoms in total. The Morgan fingerprint density at radius 1 is 0.929 bits per heavy atom. The average molecular weight is 379 g/mol. The molecule has 0 unspecified atom stereocenters. The van der Waals surface area contributed by atoms with Gasteiger partial charge in [0.05, 0.1) is 5.39 Å². The fourth-order valence-electron chi connectivity index (χ4n) is 3.34. The first-order valence-electron chi connectivity index (χ1n) is 10.1. The minimum absolute atomic E-state index is 0.146. The summed E-state index contributed by atoms with van der Waals surface area (Å²) in [4.78, 5) is 0. The maximum Gasteiger partial charge on any atom is 0.224 e. The molecule has 0 N–H and O–H groups in total. The zero-order valence-electron chi connectivity index (χ0n) is 17.8. The van der Waals surface area contributed by atoms with Crippen molar-refractivity contribution in [2.75, 3.05) is 0 Å². The molecule has 0 aliphatic heterocycles. The SMILES string of the molecule is CC(C)=CCC/C(C)=C/CC/C(C)=C/Cc1c([O-])c(C)[n+]([O-])c2ccccc12. The summed E-state index contributed by atoms with van der Waals surface area (Å²) in [6, 6.07) is 7.34. The summed E-state index contributed by atoms with van der Waals surface area (Å²) in [7, 11) is 0. The molecule has 0 aliphatic rings. The highest BCUT2D eigenvalue weighted by Gasteiger charge is 2.13. The normalized spacial score (nSPS) is 12.5. The van der Waals surface area contributed by atoms with E-state index in [2.05, 4.69) is 45.9 Å². The van der Waals surface area contributed by atoms with Gasteiger partial charge >= 0.3 is 0 Å². The molecule has 28 heavy (non-hydrogen) atoms. The second kappa shape index (κ2) is 10.1. The minimum Gasteiger partial charge on any atom is -0.868 e. The number of fused-ring (bicyclic) bond motifs is 1. The monoisotopic (exact) mass is 378 g/mol. The van der Waals surface area contributed by atoms with Crippen LogP contribution in [-0.2, 0) is 6.42 Å². The highest BCUT2D eigenvalue weighted by Crippen LogP contribution is 2.26. The summed E-state index contributed by atoms with van der Waals surface area (Å²) in [6.45, 7) is 10.2. The number of para-hydroxylation sites is 1. The molecule has 0 bridgehead atoms. The maximum atomic E-state index is 12.6. The number of hydrogen-bond acceptors (Lipinski definition) is 2. The van der Waals surface area contributed by atoms with E-state index in [0.29, 0.717) is 17.5 Å². The van der Waals surface area contributed by atoms with Crippen molar-refractivity contribution >= 4 is 10.9 Å². The van der Waals surface area contributed by atoms with Gasteiger partial charge in [0, 0.05) is 13.0 Å². The third-order valence-electron chi connectivity index (χ3n) is 5.13. The Labute approximate surface area is 169 Å². The fourth-order valence-corrected chi connectivity index (χ4v) is 3.34. The predicted molar refractivity (Wildman–Crippen MR) is 116 cm³/mol. The van der Waals surface area contributed by atoms with E-state index in [0.717, 1.165) is 35.8 Å². The first-order valence-corrected chi connectivity index (χ1v) is 10.1. The van der Waals surface area contributed by atoms with Crippen LogP contribution in [0.2, 0.25) is 0 Å². The number of rotatable bonds is 8. The van der Waals surface area contributed by atoms with E-state index in [1.807, 2.05) is 18.2 Å². The first kappa shape index (κ1) is 21.7. The van der Waals surface area contributed by atoms with Crippen molar-refractivity contribution in [3.63, 3.8) is 0 Å². The predicted octanol–water partition coefficient (Wildman–Crippen LogP) is 5.82. The number of benzene rings is 1. The van der Waals surface area contributed by atoms with Gasteiger partial charge in [0.1, 0.15) is 0 Å². The lowest BCUT2D eigenvalue weighted by atomic mass is 10.0. The van der Waals surface area contributed by atoms with E-state index in [1.165, 1.54) is 16.7 Å². The second-order valence-electron chi connectivity index (χ2n) is 7.87. The van der Waals surface area contributed by atoms with Gasteiger partial charge in [0.15, 0.2) is 5.69 Å². The number of pyridine rings is 1. The minimum atomic E-state index is -0.146. The van der Waals surface area contributed by atoms with Crippen molar-refractivity contribution in [1.82, 2.24) is 0 Å². The third-order valence-corrected chi connectivity index (χ3v) is 5.13. The van der Waals surface area contributed by atoms with Gasteiger partial charge < -0.3 is 10.3 Å². The van der Waals surface area contributed by atoms with E-state index in [-0.39, 0.29) is 11.4 Å². The lowest BCUT2D eigenvalue weighted by molar-refractivity contribution is -0.588. The Morgan fingerprint density at radius 3 is 2.21 bits per heavy atom. The molecular formula is C25H32NO2-. The van der Waals surface area contributed by atoms with Crippen LogP contribution in [0.1, 0.15) is 64.6 Å². The van der Waals surface area contributed by atoms with Gasteiger partial charge in [-0.2, -0.15) is 4.73 Å². The van der Waals surface area contributed by atoms with Crippen molar-refractivity contribution in [2.45, 2.75) is 66.7 Å². The highest BCUT2D eigenvalue weighted by molar-refractivity contribution is 5.82. The summed E-state index contributed by atoms with van der Waals surface area (Å²) >= 11 is 0. The molecule has 0 fully saturated rings. The lowest BCUT2D eigenvalue weighted by Gasteiger charge is -2.18. The summed E-state index contributed by atoms with van der Waals surface area (Å²) in [6.07, 6.45) is 11.5. The summed E-state index contributed by atoms with van der Waals surface area (Å²) in [5, 5.41) is 25.6. The molecule has 2 aromatic rings. The van der Waals surface area contributed by atoms with Crippen LogP contribution in [0.3, 0.4) is 0 Å². The maximum absolute atomic E-state index is 12.6. The van der Waals surface area contributed by atoms with Crippen LogP contribution >= 0.6 is 0 Å². The molecule has 0 saturated heterocycles. The molecule has 0 atom stereocenters. The Bertz CT molecular complexity index is 916. The van der Waals surface area contributed by atoms with Gasteiger partial charge in [0.2, 0.25) is 5.52 Å². The Balaban J connectivity index is 2.05. The van der Waals surface area contributed by atoms with Gasteiger partial charge in [-0.25, -0.2) is 0 Å². The first-order chi connectivity index (χ1) is 13.3. The van der Waals surface area contributed by atoms with Crippen molar-refractivity contribution in [1.29, 1.82) is 0 Å². The molecule has 0 saturated carbocycles. The van der Waals surface area contributed by atoms with Crippen LogP contribution in [0.4, 0.5) is 0 Å². The molecule has 0 radical (unpaired) electrons. The third kappa shape index (κ3) is 5.72. The smallest absolute Gasteiger partial charge is 0.224 e. The Morgan fingerprint density at radius 2 is 1.54 bits per heavy atom. The fraction of sp³-hybridized carbons (Fsp3) is 0.400. The number of allylic oxidation sites excluding steroid dienone is 6. The molecule has 2 rings (SSSR count). The molecule has 1 aromatic carbocycles. The number of aromatic nitrogens is 1. The average Bonchev–Trinajstić information content (AvgIpc) is 2.66. The van der Waals surface area contributed by atoms with E-state index >= 15 is 0 Å². The van der Waals surface area contributed by atoms with Crippen molar-refractivity contribution in [2.24, 2.45) is 0 Å². The van der Waals surface area contributed by atoms with Gasteiger partial charge in [0.25, 0.3) is 0 Å². The van der Waals surface area contributed by atoms with E-state index in [9.17, 15) is 10.3 Å². The number of nitrogens with zero attached hydrogens (tertiary/aromatic N) is 1. The molecule has 3 heteroatoms. The van der Waals surface area contributed by atoms with Crippen LogP contribution in [0.5, 0.6) is 5.75 Å². The molecular weight excluding hydrogens is 346 g/mol. The summed E-state index contributed by atoms with van der Waals surface area (Å²) in [5.41, 5.74) is 5.60. The van der Waals surface area contributed by atoms with Crippen LogP contribution in [0.15, 0.2) is 59.2 Å². The zero-order chi connectivity index (χ0) is 20.7. The highest BCUT2D eigenvalue weighted by atomic mass is 16.5. The van der Waals surface area contributed by atoms with Gasteiger partial charge in [-0.3, -0.25) is 0 Å². The van der Waals surface area contributed by atoms with Crippen LogP contribution < -0.4 is 9.84 Å². The lowest BCUT2D eigenvalue weighted by Crippen LogP contribution is -2.33. The Kier molecular flexibility index (Phi) is 7.86.